The summed E-state index contributed by atoms with van der Waals surface area (Å²) in [6.45, 7) is 2.27. The molecule has 43 heavy (non-hydrogen) atoms. The van der Waals surface area contributed by atoms with Gasteiger partial charge in [0.25, 0.3) is 25.8 Å². The minimum atomic E-state index is -4.24. The molecule has 1 aliphatic heterocycles. The van der Waals surface area contributed by atoms with Crippen LogP contribution in [0.3, 0.4) is 0 Å². The summed E-state index contributed by atoms with van der Waals surface area (Å²) in [5, 5.41) is -0.0439. The number of aromatic nitrogens is 1. The zero-order valence-corrected chi connectivity index (χ0v) is 26.1. The molecule has 2 heterocycles. The van der Waals surface area contributed by atoms with Crippen LogP contribution in [0.4, 0.5) is 0 Å². The van der Waals surface area contributed by atoms with Crippen molar-refractivity contribution in [3.8, 4) is 11.1 Å². The summed E-state index contributed by atoms with van der Waals surface area (Å²) in [5.74, 6) is 0.100. The summed E-state index contributed by atoms with van der Waals surface area (Å²) in [5.41, 5.74) is 4.97. The summed E-state index contributed by atoms with van der Waals surface area (Å²) >= 11 is 6.47. The average Bonchev–Trinajstić information content (AvgIpc) is 3.47. The fraction of sp³-hybridized carbons (Fsp3) is 0.400. The molecule has 1 aromatic heterocycles. The number of hydrogen-bond donors (Lipinski definition) is 2. The molecular formula is C30H35ClN2O8S2+2. The molecule has 2 aliphatic rings. The molecular weight excluding hydrogens is 616 g/mol. The van der Waals surface area contributed by atoms with Gasteiger partial charge in [-0.05, 0) is 42.0 Å². The van der Waals surface area contributed by atoms with E-state index in [0.717, 1.165) is 35.3 Å². The summed E-state index contributed by atoms with van der Waals surface area (Å²) < 4.78 is 81.1. The van der Waals surface area contributed by atoms with Crippen molar-refractivity contribution < 1.29 is 44.2 Å². The zero-order valence-electron chi connectivity index (χ0n) is 23.7. The molecule has 230 valence electrons. The van der Waals surface area contributed by atoms with E-state index >= 15 is 0 Å². The van der Waals surface area contributed by atoms with Gasteiger partial charge in [-0.2, -0.15) is 26.0 Å². The van der Waals surface area contributed by atoms with Gasteiger partial charge in [0.05, 0.1) is 17.9 Å². The zero-order chi connectivity index (χ0) is 30.8. The molecule has 0 bridgehead atoms. The van der Waals surface area contributed by atoms with Gasteiger partial charge in [-0.15, -0.1) is 11.6 Å². The van der Waals surface area contributed by atoms with Gasteiger partial charge in [-0.3, -0.25) is 9.11 Å². The normalized spacial score (nSPS) is 20.6. The van der Waals surface area contributed by atoms with E-state index in [1.54, 1.807) is 4.57 Å². The molecule has 1 fully saturated rings. The van der Waals surface area contributed by atoms with Crippen LogP contribution >= 0.6 is 11.6 Å². The smallest absolute Gasteiger partial charge is 0.374 e. The predicted octanol–water partition coefficient (Wildman–Crippen LogP) is 4.83. The molecule has 1 saturated carbocycles. The minimum Gasteiger partial charge on any atom is -0.430 e. The Hall–Kier alpha value is -3.03. The summed E-state index contributed by atoms with van der Waals surface area (Å²) in [4.78, 5) is 0. The predicted molar refractivity (Wildman–Crippen MR) is 164 cm³/mol. The molecule has 10 nitrogen and oxygen atoms in total. The molecule has 0 amide bonds. The van der Waals surface area contributed by atoms with Crippen molar-refractivity contribution in [2.75, 3.05) is 18.1 Å². The van der Waals surface area contributed by atoms with E-state index in [4.69, 9.17) is 20.8 Å². The standard InChI is InChI=1S/C30H33ClN2O8S2/c1-2-21(17-29-32(13-6-15-42(34,35)36)26-20-24(31)10-12-28(26)41-29)18-30-33(14-16-43(37,38)39)25-19-23(9-11-27(25)40-30)22-7-4-3-5-8-22/h3-5,7-9,11,17-19,24,28H,2,6,10,12-16,20H2,1H3/p+2. The number of oxazole rings is 1. The van der Waals surface area contributed by atoms with Gasteiger partial charge in [-0.1, -0.05) is 43.3 Å². The van der Waals surface area contributed by atoms with E-state index in [-0.39, 0.29) is 30.2 Å². The maximum Gasteiger partial charge on any atom is 0.374 e. The second-order valence-electron chi connectivity index (χ2n) is 10.7. The van der Waals surface area contributed by atoms with Crippen LogP contribution < -0.4 is 4.57 Å². The first-order valence-electron chi connectivity index (χ1n) is 14.2. The van der Waals surface area contributed by atoms with Crippen molar-refractivity contribution in [3.63, 3.8) is 0 Å². The van der Waals surface area contributed by atoms with Crippen LogP contribution in [0.25, 0.3) is 28.3 Å². The van der Waals surface area contributed by atoms with E-state index in [9.17, 15) is 25.9 Å². The highest BCUT2D eigenvalue weighted by atomic mass is 35.5. The summed E-state index contributed by atoms with van der Waals surface area (Å²) in [6, 6.07) is 15.5. The van der Waals surface area contributed by atoms with Gasteiger partial charge in [0.2, 0.25) is 11.3 Å². The molecule has 2 N–H and O–H groups in total. The molecule has 1 aliphatic carbocycles. The molecule has 0 spiro atoms. The maximum atomic E-state index is 11.7. The first-order chi connectivity index (χ1) is 20.4. The number of benzene rings is 2. The Morgan fingerprint density at radius 1 is 1.00 bits per heavy atom. The molecule has 3 aromatic rings. The molecule has 2 atom stereocenters. The highest BCUT2D eigenvalue weighted by Crippen LogP contribution is 2.32. The number of ether oxygens (including phenoxy) is 1. The monoisotopic (exact) mass is 650 g/mol. The van der Waals surface area contributed by atoms with Gasteiger partial charge in [0.1, 0.15) is 5.75 Å². The number of rotatable bonds is 11. The number of halogens is 1. The van der Waals surface area contributed by atoms with Gasteiger partial charge in [0.15, 0.2) is 19.2 Å². The second-order valence-corrected chi connectivity index (χ2v) is 14.5. The SMILES string of the molecule is CCC(=Cc1oc2ccc(-c3ccccc3)cc2[n+]1CCS(=O)(=O)O)C=C1OC2CCC(Cl)CC2=[N+]1CCCS(=O)(=O)O. The Bertz CT molecular complexity index is 1810. The van der Waals surface area contributed by atoms with Crippen molar-refractivity contribution in [2.45, 2.75) is 57.1 Å². The maximum absolute atomic E-state index is 11.7. The quantitative estimate of drug-likeness (QED) is 0.171. The van der Waals surface area contributed by atoms with Gasteiger partial charge >= 0.3 is 11.8 Å². The van der Waals surface area contributed by atoms with Crippen LogP contribution in [0.2, 0.25) is 0 Å². The van der Waals surface area contributed by atoms with Crippen molar-refractivity contribution >= 4 is 54.7 Å². The number of hydrogen-bond acceptors (Lipinski definition) is 6. The third-order valence-corrected chi connectivity index (χ3v) is 9.52. The Labute approximate surface area is 256 Å². The van der Waals surface area contributed by atoms with E-state index < -0.39 is 26.0 Å². The summed E-state index contributed by atoms with van der Waals surface area (Å²) in [7, 11) is -8.35. The van der Waals surface area contributed by atoms with Crippen LogP contribution in [-0.4, -0.2) is 65.8 Å². The fourth-order valence-electron chi connectivity index (χ4n) is 5.51. The number of allylic oxidation sites excluding steroid dienone is 2. The van der Waals surface area contributed by atoms with Crippen molar-refractivity contribution in [1.29, 1.82) is 0 Å². The van der Waals surface area contributed by atoms with Crippen molar-refractivity contribution in [1.82, 2.24) is 0 Å². The third kappa shape index (κ3) is 7.93. The van der Waals surface area contributed by atoms with E-state index in [2.05, 4.69) is 0 Å². The number of fused-ring (bicyclic) bond motifs is 2. The van der Waals surface area contributed by atoms with Crippen LogP contribution in [0.5, 0.6) is 0 Å². The minimum absolute atomic E-state index is 0.0289. The molecule has 13 heteroatoms. The van der Waals surface area contributed by atoms with E-state index in [1.165, 1.54) is 0 Å². The Morgan fingerprint density at radius 2 is 1.74 bits per heavy atom. The molecule has 0 radical (unpaired) electrons. The molecule has 5 rings (SSSR count). The van der Waals surface area contributed by atoms with Crippen LogP contribution in [0.1, 0.15) is 44.9 Å². The first-order valence-corrected chi connectivity index (χ1v) is 17.8. The second kappa shape index (κ2) is 12.9. The third-order valence-electron chi connectivity index (χ3n) is 7.64. The van der Waals surface area contributed by atoms with Crippen molar-refractivity contribution in [3.05, 3.63) is 72.0 Å². The Kier molecular flexibility index (Phi) is 9.43. The largest absolute Gasteiger partial charge is 0.430 e. The Morgan fingerprint density at radius 3 is 2.44 bits per heavy atom. The molecule has 2 unspecified atom stereocenters. The fourth-order valence-corrected chi connectivity index (χ4v) is 6.70. The van der Waals surface area contributed by atoms with Crippen LogP contribution in [-0.2, 0) is 31.5 Å². The lowest BCUT2D eigenvalue weighted by molar-refractivity contribution is -0.673. The highest BCUT2D eigenvalue weighted by Gasteiger charge is 2.43. The lowest BCUT2D eigenvalue weighted by atomic mass is 9.95. The van der Waals surface area contributed by atoms with Gasteiger partial charge in [0, 0.05) is 24.3 Å². The van der Waals surface area contributed by atoms with E-state index in [1.807, 2.05) is 72.2 Å². The van der Waals surface area contributed by atoms with Crippen LogP contribution in [0.15, 0.2) is 70.5 Å². The number of nitrogens with zero attached hydrogens (tertiary/aromatic N) is 2. The van der Waals surface area contributed by atoms with Crippen molar-refractivity contribution in [2.24, 2.45) is 0 Å². The molecule has 2 aromatic carbocycles. The van der Waals surface area contributed by atoms with E-state index in [0.29, 0.717) is 42.3 Å². The van der Waals surface area contributed by atoms with Gasteiger partial charge < -0.3 is 9.15 Å². The average molecular weight is 651 g/mol. The van der Waals surface area contributed by atoms with Gasteiger partial charge in [-0.25, -0.2) is 0 Å². The van der Waals surface area contributed by atoms with Crippen LogP contribution in [0, 0.1) is 0 Å². The summed E-state index contributed by atoms with van der Waals surface area (Å²) in [6.07, 6.45) is 6.47. The molecule has 0 saturated heterocycles. The topological polar surface area (TPSA) is 138 Å². The lowest BCUT2D eigenvalue weighted by Crippen LogP contribution is -2.38. The lowest BCUT2D eigenvalue weighted by Gasteiger charge is -2.18. The Balaban J connectivity index is 1.55. The first kappa shape index (κ1) is 31.4. The number of alkyl halides is 1. The highest BCUT2D eigenvalue weighted by molar-refractivity contribution is 7.86. The number of aryl methyl sites for hydroxylation is 1.